The Morgan fingerprint density at radius 3 is 2.28 bits per heavy atom. The molecule has 5 amide bonds. The number of phosphoric acid groups is 1. The van der Waals surface area contributed by atoms with Crippen molar-refractivity contribution >= 4 is 48.3 Å². The number of nitrogens with zero attached hydrogens (tertiary/aromatic N) is 1. The lowest BCUT2D eigenvalue weighted by atomic mass is 9.80. The van der Waals surface area contributed by atoms with Crippen LogP contribution < -0.4 is 31.5 Å². The molecule has 4 rings (SSSR count). The van der Waals surface area contributed by atoms with E-state index >= 15 is 0 Å². The maximum absolute atomic E-state index is 13.9. The number of primary amides is 1. The summed E-state index contributed by atoms with van der Waals surface area (Å²) in [5.41, 5.74) is 6.82. The molecule has 1 aliphatic rings. The summed E-state index contributed by atoms with van der Waals surface area (Å²) in [5.74, 6) is -3.21. The van der Waals surface area contributed by atoms with Crippen molar-refractivity contribution < 1.29 is 42.8 Å². The number of hydrogen-bond acceptors (Lipinski definition) is 7. The minimum atomic E-state index is -4.76. The lowest BCUT2D eigenvalue weighted by Crippen LogP contribution is -2.65. The molecule has 1 heterocycles. The van der Waals surface area contributed by atoms with Crippen LogP contribution in [0.4, 0.5) is 0 Å². The average molecular weight is 713 g/mol. The number of nitrogens with two attached hydrogens (primary N) is 1. The molecule has 16 heteroatoms. The predicted octanol–water partition coefficient (Wildman–Crippen LogP) is 1.63. The number of nitrogens with one attached hydrogen (secondary N) is 4. The fourth-order valence-electron chi connectivity index (χ4n) is 6.35. The molecule has 0 spiro atoms. The van der Waals surface area contributed by atoms with Gasteiger partial charge in [0.2, 0.25) is 29.5 Å². The number of amides is 5. The van der Waals surface area contributed by atoms with Gasteiger partial charge in [0.15, 0.2) is 0 Å². The van der Waals surface area contributed by atoms with Crippen LogP contribution in [-0.4, -0.2) is 68.1 Å². The highest BCUT2D eigenvalue weighted by molar-refractivity contribution is 7.46. The van der Waals surface area contributed by atoms with Gasteiger partial charge >= 0.3 is 7.82 Å². The van der Waals surface area contributed by atoms with E-state index in [1.54, 1.807) is 0 Å². The van der Waals surface area contributed by atoms with Crippen molar-refractivity contribution in [3.8, 4) is 5.75 Å². The van der Waals surface area contributed by atoms with Crippen LogP contribution in [0.3, 0.4) is 0 Å². The van der Waals surface area contributed by atoms with Crippen molar-refractivity contribution in [1.29, 1.82) is 0 Å². The van der Waals surface area contributed by atoms with Crippen LogP contribution in [0.15, 0.2) is 54.7 Å². The standard InChI is InChI=1S/C34H45N6O9P/c1-22(41)37-27(19-23-12-14-25(15-13-23)49-50(46,47)48)32(44)39-34(16-6-3-7-17-34)33(45)38-28(20-30(35)42)31(43)36-18-8-9-24-21-40(2)29-11-5-4-10-26(24)29/h4-5,10-15,21,27-28H,3,6-9,16-20H2,1-2H3,(H2,35,42)(H,36,43)(H,37,41)(H,38,45)(H,39,44)(H2,46,47,48)/t27-,28-/m0/s1. The second kappa shape index (κ2) is 16.8. The molecule has 1 aliphatic carbocycles. The number of benzene rings is 2. The molecule has 8 N–H and O–H groups in total. The highest BCUT2D eigenvalue weighted by atomic mass is 31.2. The molecule has 270 valence electrons. The Morgan fingerprint density at radius 1 is 0.960 bits per heavy atom. The second-order valence-electron chi connectivity index (χ2n) is 12.7. The van der Waals surface area contributed by atoms with Gasteiger partial charge in [0.05, 0.1) is 6.42 Å². The van der Waals surface area contributed by atoms with Gasteiger partial charge in [0.25, 0.3) is 0 Å². The molecule has 15 nitrogen and oxygen atoms in total. The first kappa shape index (κ1) is 38.1. The van der Waals surface area contributed by atoms with Crippen LogP contribution in [0.25, 0.3) is 10.9 Å². The molecule has 0 radical (unpaired) electrons. The lowest BCUT2D eigenvalue weighted by Gasteiger charge is -2.38. The Labute approximate surface area is 289 Å². The fourth-order valence-corrected chi connectivity index (χ4v) is 6.74. The number of hydrogen-bond donors (Lipinski definition) is 7. The van der Waals surface area contributed by atoms with Gasteiger partial charge < -0.3 is 36.1 Å². The number of carbonyl (C=O) groups excluding carboxylic acids is 5. The molecule has 0 bridgehead atoms. The van der Waals surface area contributed by atoms with Crippen molar-refractivity contribution in [1.82, 2.24) is 25.8 Å². The molecule has 3 aromatic rings. The largest absolute Gasteiger partial charge is 0.524 e. The van der Waals surface area contributed by atoms with Crippen LogP contribution in [0.5, 0.6) is 5.75 Å². The van der Waals surface area contributed by atoms with Gasteiger partial charge in [0, 0.05) is 44.0 Å². The van der Waals surface area contributed by atoms with Crippen LogP contribution in [0.2, 0.25) is 0 Å². The van der Waals surface area contributed by atoms with Gasteiger partial charge in [-0.2, -0.15) is 0 Å². The molecule has 50 heavy (non-hydrogen) atoms. The van der Waals surface area contributed by atoms with E-state index in [2.05, 4.69) is 32.0 Å². The monoisotopic (exact) mass is 712 g/mol. The first-order valence-corrected chi connectivity index (χ1v) is 18.0. The zero-order valence-electron chi connectivity index (χ0n) is 28.1. The molecule has 0 aliphatic heterocycles. The molecule has 1 aromatic heterocycles. The summed E-state index contributed by atoms with van der Waals surface area (Å²) in [5, 5.41) is 12.0. The SMILES string of the molecule is CC(=O)N[C@@H](Cc1ccc(OP(=O)(O)O)cc1)C(=O)NC1(C(=O)N[C@@H](CC(N)=O)C(=O)NCCCc2cn(C)c3ccccc23)CCCCC1. The number of para-hydroxylation sites is 1. The third-order valence-corrected chi connectivity index (χ3v) is 9.16. The van der Waals surface area contributed by atoms with Crippen LogP contribution >= 0.6 is 7.82 Å². The summed E-state index contributed by atoms with van der Waals surface area (Å²) in [6.45, 7) is 1.54. The number of phosphoric ester groups is 1. The first-order chi connectivity index (χ1) is 23.7. The highest BCUT2D eigenvalue weighted by Gasteiger charge is 2.43. The van der Waals surface area contributed by atoms with Gasteiger partial charge in [-0.25, -0.2) is 4.57 Å². The zero-order chi connectivity index (χ0) is 36.5. The molecule has 2 atom stereocenters. The first-order valence-electron chi connectivity index (χ1n) is 16.5. The minimum absolute atomic E-state index is 0.00914. The molecular weight excluding hydrogens is 667 g/mol. The van der Waals surface area contributed by atoms with E-state index in [1.807, 2.05) is 35.9 Å². The van der Waals surface area contributed by atoms with Crippen molar-refractivity contribution in [3.05, 3.63) is 65.9 Å². The summed E-state index contributed by atoms with van der Waals surface area (Å²) in [6, 6.07) is 11.3. The van der Waals surface area contributed by atoms with E-state index in [-0.39, 0.29) is 25.0 Å². The summed E-state index contributed by atoms with van der Waals surface area (Å²) in [6.07, 6.45) is 5.49. The topological polar surface area (TPSA) is 231 Å². The number of carbonyl (C=O) groups is 5. The number of rotatable bonds is 16. The van der Waals surface area contributed by atoms with Gasteiger partial charge in [-0.15, -0.1) is 0 Å². The highest BCUT2D eigenvalue weighted by Crippen LogP contribution is 2.37. The van der Waals surface area contributed by atoms with E-state index in [0.717, 1.165) is 22.9 Å². The Hall–Kier alpha value is -4.72. The maximum Gasteiger partial charge on any atom is 0.524 e. The summed E-state index contributed by atoms with van der Waals surface area (Å²) >= 11 is 0. The average Bonchev–Trinajstić information content (AvgIpc) is 3.37. The van der Waals surface area contributed by atoms with Crippen molar-refractivity contribution in [2.24, 2.45) is 12.8 Å². The third-order valence-electron chi connectivity index (χ3n) is 8.71. The predicted molar refractivity (Wildman–Crippen MR) is 184 cm³/mol. The molecule has 1 fully saturated rings. The van der Waals surface area contributed by atoms with Crippen molar-refractivity contribution in [2.45, 2.75) is 82.3 Å². The molecule has 1 saturated carbocycles. The maximum atomic E-state index is 13.9. The second-order valence-corrected chi connectivity index (χ2v) is 13.9. The molecule has 0 unspecified atom stereocenters. The minimum Gasteiger partial charge on any atom is -0.404 e. The van der Waals surface area contributed by atoms with Crippen molar-refractivity contribution in [3.63, 3.8) is 0 Å². The Kier molecular flexibility index (Phi) is 12.8. The van der Waals surface area contributed by atoms with E-state index in [1.165, 1.54) is 31.2 Å². The smallest absolute Gasteiger partial charge is 0.404 e. The number of fused-ring (bicyclic) bond motifs is 1. The van der Waals surface area contributed by atoms with Crippen LogP contribution in [0.1, 0.15) is 63.0 Å². The summed E-state index contributed by atoms with van der Waals surface area (Å²) in [7, 11) is -2.79. The van der Waals surface area contributed by atoms with E-state index < -0.39 is 61.4 Å². The van der Waals surface area contributed by atoms with Gasteiger partial charge in [-0.1, -0.05) is 49.6 Å². The zero-order valence-corrected chi connectivity index (χ0v) is 29.0. The molecular formula is C34H45N6O9P. The fraction of sp³-hybridized carbons (Fsp3) is 0.441. The van der Waals surface area contributed by atoms with Crippen LogP contribution in [-0.2, 0) is 48.4 Å². The molecule has 0 saturated heterocycles. The van der Waals surface area contributed by atoms with Gasteiger partial charge in [-0.05, 0) is 55.0 Å². The van der Waals surface area contributed by atoms with E-state index in [9.17, 15) is 28.5 Å². The Bertz CT molecular complexity index is 1750. The number of aryl methyl sites for hydroxylation is 2. The number of aromatic nitrogens is 1. The normalized spacial score (nSPS) is 15.4. The van der Waals surface area contributed by atoms with Crippen molar-refractivity contribution in [2.75, 3.05) is 6.54 Å². The summed E-state index contributed by atoms with van der Waals surface area (Å²) in [4.78, 5) is 83.0. The van der Waals surface area contributed by atoms with E-state index in [4.69, 9.17) is 15.5 Å². The Balaban J connectivity index is 1.42. The van der Waals surface area contributed by atoms with Gasteiger partial charge in [-0.3, -0.25) is 33.8 Å². The third kappa shape index (κ3) is 10.6. The van der Waals surface area contributed by atoms with Gasteiger partial charge in [0.1, 0.15) is 23.4 Å². The molecule has 2 aromatic carbocycles. The summed E-state index contributed by atoms with van der Waals surface area (Å²) < 4.78 is 17.8. The quantitative estimate of drug-likeness (QED) is 0.0844. The van der Waals surface area contributed by atoms with Crippen LogP contribution in [0, 0.1) is 0 Å². The Morgan fingerprint density at radius 2 is 1.64 bits per heavy atom. The lowest BCUT2D eigenvalue weighted by molar-refractivity contribution is -0.139. The van der Waals surface area contributed by atoms with E-state index in [0.29, 0.717) is 37.8 Å².